The molecule has 8 heteroatoms. The first-order valence-electron chi connectivity index (χ1n) is 4.86. The fourth-order valence-corrected chi connectivity index (χ4v) is 1.65. The van der Waals surface area contributed by atoms with Crippen molar-refractivity contribution in [1.29, 1.82) is 0 Å². The first-order chi connectivity index (χ1) is 8.47. The van der Waals surface area contributed by atoms with Gasteiger partial charge in [-0.15, -0.1) is 0 Å². The van der Waals surface area contributed by atoms with Gasteiger partial charge in [-0.2, -0.15) is 0 Å². The van der Waals surface area contributed by atoms with Crippen molar-refractivity contribution in [1.82, 2.24) is 0 Å². The summed E-state index contributed by atoms with van der Waals surface area (Å²) < 4.78 is 10.0. The molecule has 0 aliphatic carbocycles. The van der Waals surface area contributed by atoms with Gasteiger partial charge in [0.2, 0.25) is 5.75 Å². The van der Waals surface area contributed by atoms with Gasteiger partial charge >= 0.3 is 11.7 Å². The third-order valence-electron chi connectivity index (χ3n) is 2.05. The van der Waals surface area contributed by atoms with Gasteiger partial charge in [0.15, 0.2) is 0 Å². The Morgan fingerprint density at radius 2 is 2.28 bits per heavy atom. The van der Waals surface area contributed by atoms with Gasteiger partial charge in [0.1, 0.15) is 12.6 Å². The van der Waals surface area contributed by atoms with Crippen molar-refractivity contribution in [2.75, 3.05) is 13.7 Å². The molecule has 7 nitrogen and oxygen atoms in total. The fourth-order valence-electron chi connectivity index (χ4n) is 1.18. The maximum Gasteiger partial charge on any atom is 0.326 e. The van der Waals surface area contributed by atoms with Crippen LogP contribution in [0.5, 0.6) is 5.75 Å². The average molecular weight is 319 g/mol. The molecule has 1 unspecified atom stereocenters. The molecule has 98 valence electrons. The minimum Gasteiger partial charge on any atom is -0.484 e. The minimum atomic E-state index is -0.998. The number of methoxy groups -OCH3 is 1. The number of carbonyl (C=O) groups is 1. The molecule has 0 heterocycles. The number of nitro groups is 1. The number of nitrogens with two attached hydrogens (primary N) is 1. The Labute approximate surface area is 111 Å². The Morgan fingerprint density at radius 1 is 1.61 bits per heavy atom. The van der Waals surface area contributed by atoms with E-state index in [2.05, 4.69) is 20.7 Å². The second-order valence-corrected chi connectivity index (χ2v) is 4.14. The van der Waals surface area contributed by atoms with Crippen molar-refractivity contribution < 1.29 is 19.2 Å². The Balaban J connectivity index is 2.84. The largest absolute Gasteiger partial charge is 0.484 e. The number of halogens is 1. The highest BCUT2D eigenvalue weighted by atomic mass is 79.9. The van der Waals surface area contributed by atoms with E-state index in [1.165, 1.54) is 19.2 Å². The van der Waals surface area contributed by atoms with E-state index in [1.807, 2.05) is 0 Å². The zero-order valence-electron chi connectivity index (χ0n) is 9.46. The zero-order valence-corrected chi connectivity index (χ0v) is 11.0. The molecule has 0 saturated carbocycles. The lowest BCUT2D eigenvalue weighted by molar-refractivity contribution is -0.386. The van der Waals surface area contributed by atoms with Crippen LogP contribution in [-0.4, -0.2) is 30.7 Å². The molecule has 1 aromatic carbocycles. The van der Waals surface area contributed by atoms with E-state index in [-0.39, 0.29) is 18.0 Å². The number of nitro benzene ring substituents is 1. The number of esters is 1. The number of para-hydroxylation sites is 1. The predicted octanol–water partition coefficient (Wildman–Crippen LogP) is 1.24. The maximum absolute atomic E-state index is 11.1. The summed E-state index contributed by atoms with van der Waals surface area (Å²) in [5, 5.41) is 10.8. The second-order valence-electron chi connectivity index (χ2n) is 3.29. The molecule has 1 aromatic rings. The second kappa shape index (κ2) is 6.31. The van der Waals surface area contributed by atoms with Gasteiger partial charge in [0.25, 0.3) is 0 Å². The Kier molecular flexibility index (Phi) is 5.05. The molecule has 18 heavy (non-hydrogen) atoms. The van der Waals surface area contributed by atoms with Gasteiger partial charge in [0.05, 0.1) is 16.5 Å². The van der Waals surface area contributed by atoms with Gasteiger partial charge < -0.3 is 15.2 Å². The number of nitrogens with zero attached hydrogens (tertiary/aromatic N) is 1. The van der Waals surface area contributed by atoms with Crippen LogP contribution in [0, 0.1) is 10.1 Å². The predicted molar refractivity (Wildman–Crippen MR) is 66.3 cm³/mol. The Hall–Kier alpha value is -1.67. The zero-order chi connectivity index (χ0) is 13.7. The molecule has 0 saturated heterocycles. The Morgan fingerprint density at radius 3 is 2.83 bits per heavy atom. The molecule has 2 N–H and O–H groups in total. The third kappa shape index (κ3) is 3.41. The van der Waals surface area contributed by atoms with Gasteiger partial charge in [-0.05, 0) is 22.0 Å². The molecule has 0 bridgehead atoms. The summed E-state index contributed by atoms with van der Waals surface area (Å²) in [5.74, 6) is -0.619. The van der Waals surface area contributed by atoms with E-state index in [4.69, 9.17) is 10.5 Å². The number of hydrogen-bond donors (Lipinski definition) is 1. The van der Waals surface area contributed by atoms with Crippen molar-refractivity contribution in [2.45, 2.75) is 6.04 Å². The summed E-state index contributed by atoms with van der Waals surface area (Å²) in [7, 11) is 1.20. The third-order valence-corrected chi connectivity index (χ3v) is 2.68. The number of hydrogen-bond acceptors (Lipinski definition) is 6. The summed E-state index contributed by atoms with van der Waals surface area (Å²) in [6.07, 6.45) is 0. The fraction of sp³-hybridized carbons (Fsp3) is 0.300. The number of rotatable bonds is 5. The molecule has 0 fully saturated rings. The lowest BCUT2D eigenvalue weighted by Crippen LogP contribution is -2.37. The van der Waals surface area contributed by atoms with Crippen LogP contribution >= 0.6 is 15.9 Å². The van der Waals surface area contributed by atoms with Gasteiger partial charge in [-0.3, -0.25) is 14.9 Å². The van der Waals surface area contributed by atoms with Crippen LogP contribution in [0.1, 0.15) is 0 Å². The highest BCUT2D eigenvalue weighted by molar-refractivity contribution is 9.10. The monoisotopic (exact) mass is 318 g/mol. The van der Waals surface area contributed by atoms with E-state index in [0.29, 0.717) is 4.47 Å². The van der Waals surface area contributed by atoms with Crippen molar-refractivity contribution >= 4 is 27.6 Å². The molecule has 1 atom stereocenters. The van der Waals surface area contributed by atoms with Crippen LogP contribution in [0.4, 0.5) is 5.69 Å². The highest BCUT2D eigenvalue weighted by Gasteiger charge is 2.21. The van der Waals surface area contributed by atoms with Crippen molar-refractivity contribution in [3.8, 4) is 5.75 Å². The van der Waals surface area contributed by atoms with Crippen molar-refractivity contribution in [3.05, 3.63) is 32.8 Å². The molecular formula is C10H11BrN2O5. The SMILES string of the molecule is COC(=O)C(N)COc1c(Br)cccc1[N+](=O)[O-]. The minimum absolute atomic E-state index is 0.0295. The van der Waals surface area contributed by atoms with Gasteiger partial charge in [0, 0.05) is 6.07 Å². The van der Waals surface area contributed by atoms with Gasteiger partial charge in [-0.1, -0.05) is 6.07 Å². The summed E-state index contributed by atoms with van der Waals surface area (Å²) in [4.78, 5) is 21.3. The van der Waals surface area contributed by atoms with Gasteiger partial charge in [-0.25, -0.2) is 0 Å². The summed E-state index contributed by atoms with van der Waals surface area (Å²) >= 11 is 3.13. The molecule has 0 aromatic heterocycles. The molecule has 1 rings (SSSR count). The van der Waals surface area contributed by atoms with Crippen molar-refractivity contribution in [3.63, 3.8) is 0 Å². The molecule has 0 spiro atoms. The molecule has 0 amide bonds. The molecule has 0 radical (unpaired) electrons. The standard InChI is InChI=1S/C10H11BrN2O5/c1-17-10(14)7(12)5-18-9-6(11)3-2-4-8(9)13(15)16/h2-4,7H,5,12H2,1H3. The average Bonchev–Trinajstić information content (AvgIpc) is 2.35. The van der Waals surface area contributed by atoms with Crippen LogP contribution in [0.25, 0.3) is 0 Å². The Bertz CT molecular complexity index is 466. The first-order valence-corrected chi connectivity index (χ1v) is 5.65. The topological polar surface area (TPSA) is 105 Å². The van der Waals surface area contributed by atoms with Crippen LogP contribution in [0.2, 0.25) is 0 Å². The highest BCUT2D eigenvalue weighted by Crippen LogP contribution is 2.34. The van der Waals surface area contributed by atoms with E-state index in [9.17, 15) is 14.9 Å². The number of benzene rings is 1. The number of carbonyl (C=O) groups excluding carboxylic acids is 1. The maximum atomic E-state index is 11.1. The molecule has 0 aliphatic heterocycles. The molecule has 0 aliphatic rings. The first kappa shape index (κ1) is 14.4. The van der Waals surface area contributed by atoms with Crippen LogP contribution in [-0.2, 0) is 9.53 Å². The normalized spacial score (nSPS) is 11.7. The van der Waals surface area contributed by atoms with Crippen LogP contribution in [0.3, 0.4) is 0 Å². The molecular weight excluding hydrogens is 308 g/mol. The van der Waals surface area contributed by atoms with Crippen LogP contribution < -0.4 is 10.5 Å². The summed E-state index contributed by atoms with van der Waals surface area (Å²) in [6, 6.07) is 3.40. The summed E-state index contributed by atoms with van der Waals surface area (Å²) in [5.41, 5.74) is 5.26. The smallest absolute Gasteiger partial charge is 0.326 e. The quantitative estimate of drug-likeness (QED) is 0.497. The van der Waals surface area contributed by atoms with Crippen LogP contribution in [0.15, 0.2) is 22.7 Å². The van der Waals surface area contributed by atoms with E-state index < -0.39 is 16.9 Å². The number of ether oxygens (including phenoxy) is 2. The van der Waals surface area contributed by atoms with Crippen molar-refractivity contribution in [2.24, 2.45) is 5.73 Å². The van der Waals surface area contributed by atoms with E-state index in [0.717, 1.165) is 0 Å². The van der Waals surface area contributed by atoms with E-state index >= 15 is 0 Å². The lowest BCUT2D eigenvalue weighted by Gasteiger charge is -2.12. The lowest BCUT2D eigenvalue weighted by atomic mass is 10.3. The summed E-state index contributed by atoms with van der Waals surface area (Å²) in [6.45, 7) is -0.212. The van der Waals surface area contributed by atoms with E-state index in [1.54, 1.807) is 6.07 Å².